The Morgan fingerprint density at radius 2 is 2.12 bits per heavy atom. The molecule has 25 heavy (non-hydrogen) atoms. The molecule has 1 fully saturated rings. The van der Waals surface area contributed by atoms with E-state index in [0.29, 0.717) is 13.1 Å². The summed E-state index contributed by atoms with van der Waals surface area (Å²) >= 11 is 0. The summed E-state index contributed by atoms with van der Waals surface area (Å²) in [5.74, 6) is 1.40. The topological polar surface area (TPSA) is 69.6 Å². The highest BCUT2D eigenvalue weighted by molar-refractivity contribution is 5.77. The second kappa shape index (κ2) is 7.47. The quantitative estimate of drug-likeness (QED) is 0.804. The molecule has 0 aromatic carbocycles. The first kappa shape index (κ1) is 17.8. The van der Waals surface area contributed by atoms with Crippen molar-refractivity contribution in [3.63, 3.8) is 0 Å². The van der Waals surface area contributed by atoms with Crippen LogP contribution >= 0.6 is 0 Å². The molecule has 0 radical (unpaired) electrons. The fraction of sp³-hybridized carbons (Fsp3) is 0.667. The Balaban J connectivity index is 1.68. The molecule has 3 heterocycles. The van der Waals surface area contributed by atoms with E-state index in [0.717, 1.165) is 56.0 Å². The van der Waals surface area contributed by atoms with Crippen LogP contribution in [-0.2, 0) is 22.6 Å². The summed E-state index contributed by atoms with van der Waals surface area (Å²) in [4.78, 5) is 38.6. The molecule has 7 nitrogen and oxygen atoms in total. The molecule has 1 atom stereocenters. The average Bonchev–Trinajstić information content (AvgIpc) is 2.60. The van der Waals surface area contributed by atoms with E-state index in [1.54, 1.807) is 25.9 Å². The number of nitrogens with zero attached hydrogens (tertiary/aromatic N) is 5. The smallest absolute Gasteiger partial charge is 0.236 e. The molecule has 0 bridgehead atoms. The van der Waals surface area contributed by atoms with Crippen LogP contribution in [0.15, 0.2) is 6.20 Å². The predicted octanol–water partition coefficient (Wildman–Crippen LogP) is 0.649. The largest absolute Gasteiger partial charge is 0.348 e. The van der Waals surface area contributed by atoms with Crippen LogP contribution in [0.5, 0.6) is 0 Å². The molecule has 0 unspecified atom stereocenters. The third kappa shape index (κ3) is 4.15. The summed E-state index contributed by atoms with van der Waals surface area (Å²) in [6.45, 7) is 5.19. The van der Waals surface area contributed by atoms with E-state index in [1.807, 2.05) is 11.1 Å². The monoisotopic (exact) mass is 345 g/mol. The number of carbonyl (C=O) groups excluding carboxylic acids is 2. The number of amides is 2. The maximum Gasteiger partial charge on any atom is 0.236 e. The zero-order chi connectivity index (χ0) is 18.0. The van der Waals surface area contributed by atoms with Crippen molar-refractivity contribution in [3.8, 4) is 0 Å². The van der Waals surface area contributed by atoms with E-state index >= 15 is 0 Å². The van der Waals surface area contributed by atoms with Gasteiger partial charge in [0.2, 0.25) is 11.8 Å². The number of rotatable bonds is 3. The fourth-order valence-corrected chi connectivity index (χ4v) is 3.54. The minimum absolute atomic E-state index is 0.100. The molecule has 2 amide bonds. The molecule has 0 N–H and O–H groups in total. The van der Waals surface area contributed by atoms with Gasteiger partial charge in [-0.1, -0.05) is 0 Å². The van der Waals surface area contributed by atoms with Crippen LogP contribution in [0, 0.1) is 0 Å². The third-order valence-electron chi connectivity index (χ3n) is 5.13. The van der Waals surface area contributed by atoms with Gasteiger partial charge in [-0.15, -0.1) is 0 Å². The Kier molecular flexibility index (Phi) is 5.32. The van der Waals surface area contributed by atoms with Gasteiger partial charge in [-0.2, -0.15) is 0 Å². The van der Waals surface area contributed by atoms with Crippen LogP contribution in [0.3, 0.4) is 0 Å². The lowest BCUT2D eigenvalue weighted by atomic mass is 9.96. The van der Waals surface area contributed by atoms with Gasteiger partial charge in [-0.3, -0.25) is 14.5 Å². The molecule has 2 aliphatic rings. The van der Waals surface area contributed by atoms with Crippen molar-refractivity contribution in [3.05, 3.63) is 23.3 Å². The maximum atomic E-state index is 12.0. The van der Waals surface area contributed by atoms with Gasteiger partial charge in [-0.05, 0) is 19.4 Å². The van der Waals surface area contributed by atoms with Crippen molar-refractivity contribution in [1.29, 1.82) is 0 Å². The Hall–Kier alpha value is -2.02. The number of fused-ring (bicyclic) bond motifs is 1. The lowest BCUT2D eigenvalue weighted by molar-refractivity contribution is -0.130. The van der Waals surface area contributed by atoms with Crippen molar-refractivity contribution in [2.75, 3.05) is 40.3 Å². The SMILES string of the molecule is CC(=O)N1CCc2nc([C@H]3CCCN(CC(=O)N(C)C)C3)ncc2C1. The second-order valence-corrected chi connectivity index (χ2v) is 7.25. The van der Waals surface area contributed by atoms with Crippen LogP contribution < -0.4 is 0 Å². The number of piperidine rings is 1. The van der Waals surface area contributed by atoms with Gasteiger partial charge in [-0.25, -0.2) is 9.97 Å². The van der Waals surface area contributed by atoms with Crippen LogP contribution in [0.25, 0.3) is 0 Å². The second-order valence-electron chi connectivity index (χ2n) is 7.25. The van der Waals surface area contributed by atoms with Crippen LogP contribution in [0.1, 0.15) is 42.8 Å². The number of hydrogen-bond acceptors (Lipinski definition) is 5. The third-order valence-corrected chi connectivity index (χ3v) is 5.13. The van der Waals surface area contributed by atoms with Gasteiger partial charge in [0, 0.05) is 64.8 Å². The van der Waals surface area contributed by atoms with Crippen molar-refractivity contribution in [2.24, 2.45) is 0 Å². The Morgan fingerprint density at radius 3 is 2.84 bits per heavy atom. The van der Waals surface area contributed by atoms with Gasteiger partial charge in [0.1, 0.15) is 5.82 Å². The fourth-order valence-electron chi connectivity index (χ4n) is 3.54. The van der Waals surface area contributed by atoms with E-state index in [9.17, 15) is 9.59 Å². The standard InChI is InChI=1S/C18H27N5O2/c1-13(24)23-8-6-16-15(11-23)9-19-18(20-16)14-5-4-7-22(10-14)12-17(25)21(2)3/h9,14H,4-8,10-12H2,1-3H3/t14-/m0/s1. The minimum atomic E-state index is 0.100. The number of aromatic nitrogens is 2. The van der Waals surface area contributed by atoms with Gasteiger partial charge in [0.25, 0.3) is 0 Å². The first-order chi connectivity index (χ1) is 11.9. The number of hydrogen-bond donors (Lipinski definition) is 0. The van der Waals surface area contributed by atoms with E-state index < -0.39 is 0 Å². The number of likely N-dealkylation sites (tertiary alicyclic amines) is 1. The highest BCUT2D eigenvalue weighted by atomic mass is 16.2. The summed E-state index contributed by atoms with van der Waals surface area (Å²) in [7, 11) is 3.58. The Morgan fingerprint density at radius 1 is 1.32 bits per heavy atom. The molecule has 1 aromatic heterocycles. The molecule has 136 valence electrons. The van der Waals surface area contributed by atoms with Crippen molar-refractivity contribution >= 4 is 11.8 Å². The Bertz CT molecular complexity index is 661. The summed E-state index contributed by atoms with van der Waals surface area (Å²) in [5.41, 5.74) is 2.13. The predicted molar refractivity (Wildman–Crippen MR) is 93.9 cm³/mol. The lowest BCUT2D eigenvalue weighted by Gasteiger charge is -2.33. The van der Waals surface area contributed by atoms with Gasteiger partial charge in [0.05, 0.1) is 12.2 Å². The molecule has 0 saturated carbocycles. The average molecular weight is 345 g/mol. The summed E-state index contributed by atoms with van der Waals surface area (Å²) in [6.07, 6.45) is 4.80. The highest BCUT2D eigenvalue weighted by Gasteiger charge is 2.27. The van der Waals surface area contributed by atoms with Gasteiger partial charge >= 0.3 is 0 Å². The Labute approximate surface area is 149 Å². The van der Waals surface area contributed by atoms with Gasteiger partial charge < -0.3 is 9.80 Å². The maximum absolute atomic E-state index is 12.0. The summed E-state index contributed by atoms with van der Waals surface area (Å²) in [6, 6.07) is 0. The first-order valence-corrected chi connectivity index (χ1v) is 8.96. The van der Waals surface area contributed by atoms with Crippen LogP contribution in [0.2, 0.25) is 0 Å². The molecule has 1 aromatic rings. The molecular weight excluding hydrogens is 318 g/mol. The molecule has 1 saturated heterocycles. The zero-order valence-electron chi connectivity index (χ0n) is 15.4. The molecule has 3 rings (SSSR count). The molecule has 7 heteroatoms. The summed E-state index contributed by atoms with van der Waals surface area (Å²) < 4.78 is 0. The van der Waals surface area contributed by atoms with E-state index in [4.69, 9.17) is 4.98 Å². The normalized spacial score (nSPS) is 20.9. The van der Waals surface area contributed by atoms with Crippen molar-refractivity contribution in [2.45, 2.75) is 38.6 Å². The van der Waals surface area contributed by atoms with Crippen LogP contribution in [-0.4, -0.2) is 76.8 Å². The number of likely N-dealkylation sites (N-methyl/N-ethyl adjacent to an activating group) is 1. The highest BCUT2D eigenvalue weighted by Crippen LogP contribution is 2.26. The van der Waals surface area contributed by atoms with E-state index in [1.165, 1.54) is 0 Å². The minimum Gasteiger partial charge on any atom is -0.348 e. The van der Waals surface area contributed by atoms with E-state index in [-0.39, 0.29) is 17.7 Å². The van der Waals surface area contributed by atoms with Crippen LogP contribution in [0.4, 0.5) is 0 Å². The van der Waals surface area contributed by atoms with Gasteiger partial charge in [0.15, 0.2) is 0 Å². The van der Waals surface area contributed by atoms with Crippen molar-refractivity contribution in [1.82, 2.24) is 24.7 Å². The zero-order valence-corrected chi connectivity index (χ0v) is 15.4. The molecule has 0 spiro atoms. The van der Waals surface area contributed by atoms with Crippen molar-refractivity contribution < 1.29 is 9.59 Å². The molecule has 0 aliphatic carbocycles. The van der Waals surface area contributed by atoms with E-state index in [2.05, 4.69) is 9.88 Å². The summed E-state index contributed by atoms with van der Waals surface area (Å²) in [5, 5.41) is 0. The molecular formula is C18H27N5O2. The lowest BCUT2D eigenvalue weighted by Crippen LogP contribution is -2.42. The number of carbonyl (C=O) groups is 2. The molecule has 2 aliphatic heterocycles. The first-order valence-electron chi connectivity index (χ1n) is 8.96.